The second-order valence-electron chi connectivity index (χ2n) is 5.42. The van der Waals surface area contributed by atoms with Gasteiger partial charge in [-0.1, -0.05) is 0 Å². The molecule has 2 aliphatic rings. The van der Waals surface area contributed by atoms with Gasteiger partial charge in [0.05, 0.1) is 12.9 Å². The first kappa shape index (κ1) is 14.7. The van der Waals surface area contributed by atoms with E-state index in [9.17, 15) is 13.2 Å². The zero-order chi connectivity index (χ0) is 13.9. The fourth-order valence-corrected chi connectivity index (χ4v) is 4.32. The number of methoxy groups -OCH3 is 1. The Morgan fingerprint density at radius 3 is 2.53 bits per heavy atom. The maximum Gasteiger partial charge on any atom is 0.305 e. The van der Waals surface area contributed by atoms with Crippen LogP contribution >= 0.6 is 0 Å². The molecule has 0 aromatic rings. The highest BCUT2D eigenvalue weighted by Gasteiger charge is 2.34. The Bertz CT molecular complexity index is 411. The van der Waals surface area contributed by atoms with Crippen molar-refractivity contribution in [2.75, 3.05) is 12.9 Å². The topological polar surface area (TPSA) is 84.5 Å². The molecule has 6 nitrogen and oxygen atoms in total. The van der Waals surface area contributed by atoms with Crippen LogP contribution in [0.1, 0.15) is 38.5 Å². The van der Waals surface area contributed by atoms with Crippen molar-refractivity contribution >= 4 is 16.0 Å². The summed E-state index contributed by atoms with van der Waals surface area (Å²) in [4.78, 5) is 10.9. The lowest BCUT2D eigenvalue weighted by atomic mass is 10.0. The van der Waals surface area contributed by atoms with Crippen molar-refractivity contribution in [3.05, 3.63) is 0 Å². The number of ether oxygens (including phenoxy) is 1. The van der Waals surface area contributed by atoms with Crippen LogP contribution < -0.4 is 10.0 Å². The zero-order valence-corrected chi connectivity index (χ0v) is 12.0. The van der Waals surface area contributed by atoms with Crippen molar-refractivity contribution in [1.82, 2.24) is 10.0 Å². The average molecular weight is 290 g/mol. The summed E-state index contributed by atoms with van der Waals surface area (Å²) in [6.45, 7) is 0. The number of fused-ring (bicyclic) bond motifs is 2. The molecule has 2 N–H and O–H groups in total. The van der Waals surface area contributed by atoms with E-state index >= 15 is 0 Å². The second kappa shape index (κ2) is 6.19. The van der Waals surface area contributed by atoms with Crippen molar-refractivity contribution in [3.63, 3.8) is 0 Å². The number of carbonyl (C=O) groups is 1. The van der Waals surface area contributed by atoms with Gasteiger partial charge in [-0.2, -0.15) is 0 Å². The second-order valence-corrected chi connectivity index (χ2v) is 7.30. The molecule has 0 aromatic carbocycles. The molecule has 0 amide bonds. The largest absolute Gasteiger partial charge is 0.469 e. The third-order valence-electron chi connectivity index (χ3n) is 3.84. The number of sulfonamides is 1. The first-order valence-electron chi connectivity index (χ1n) is 6.81. The smallest absolute Gasteiger partial charge is 0.305 e. The van der Waals surface area contributed by atoms with Crippen LogP contribution in [0.3, 0.4) is 0 Å². The molecule has 0 radical (unpaired) electrons. The monoisotopic (exact) mass is 290 g/mol. The standard InChI is InChI=1S/C12H22N2O4S/c1-18-12(15)3-2-6-19(16,17)14-11-7-9-4-5-10(8-11)13-9/h9-11,13-14H,2-8H2,1H3. The van der Waals surface area contributed by atoms with E-state index in [2.05, 4.69) is 14.8 Å². The molecule has 2 aliphatic heterocycles. The van der Waals surface area contributed by atoms with Gasteiger partial charge in [0.25, 0.3) is 0 Å². The van der Waals surface area contributed by atoms with Gasteiger partial charge in [0.1, 0.15) is 0 Å². The number of hydrogen-bond acceptors (Lipinski definition) is 5. The van der Waals surface area contributed by atoms with Gasteiger partial charge in [0.2, 0.25) is 10.0 Å². The number of piperidine rings is 1. The van der Waals surface area contributed by atoms with E-state index in [1.54, 1.807) is 0 Å². The number of esters is 1. The van der Waals surface area contributed by atoms with E-state index in [4.69, 9.17) is 0 Å². The van der Waals surface area contributed by atoms with E-state index in [1.165, 1.54) is 7.11 Å². The SMILES string of the molecule is COC(=O)CCCS(=O)(=O)NC1CC2CCC(C1)N2. The molecule has 0 aromatic heterocycles. The number of rotatable bonds is 6. The maximum atomic E-state index is 11.9. The molecule has 2 unspecified atom stereocenters. The molecular formula is C12H22N2O4S. The fourth-order valence-electron chi connectivity index (χ4n) is 2.97. The van der Waals surface area contributed by atoms with Crippen molar-refractivity contribution in [2.45, 2.75) is 56.7 Å². The van der Waals surface area contributed by atoms with E-state index < -0.39 is 10.0 Å². The van der Waals surface area contributed by atoms with E-state index in [0.29, 0.717) is 18.5 Å². The Hall–Kier alpha value is -0.660. The van der Waals surface area contributed by atoms with Gasteiger partial charge in [-0.3, -0.25) is 4.79 Å². The molecule has 2 fully saturated rings. The third kappa shape index (κ3) is 4.43. The lowest BCUT2D eigenvalue weighted by Crippen LogP contribution is -2.48. The van der Waals surface area contributed by atoms with Crippen molar-refractivity contribution in [1.29, 1.82) is 0 Å². The van der Waals surface area contributed by atoms with Crippen LogP contribution in [0.15, 0.2) is 0 Å². The highest BCUT2D eigenvalue weighted by molar-refractivity contribution is 7.89. The predicted octanol–water partition coefficient (Wildman–Crippen LogP) is 0.142. The highest BCUT2D eigenvalue weighted by Crippen LogP contribution is 2.27. The van der Waals surface area contributed by atoms with Gasteiger partial charge >= 0.3 is 5.97 Å². The summed E-state index contributed by atoms with van der Waals surface area (Å²) >= 11 is 0. The van der Waals surface area contributed by atoms with Crippen molar-refractivity contribution < 1.29 is 17.9 Å². The normalized spacial score (nSPS) is 30.3. The summed E-state index contributed by atoms with van der Waals surface area (Å²) in [5, 5.41) is 3.48. The summed E-state index contributed by atoms with van der Waals surface area (Å²) in [6, 6.07) is 0.963. The number of hydrogen-bond donors (Lipinski definition) is 2. The highest BCUT2D eigenvalue weighted by atomic mass is 32.2. The first-order valence-corrected chi connectivity index (χ1v) is 8.46. The quantitative estimate of drug-likeness (QED) is 0.680. The van der Waals surface area contributed by atoms with Crippen LogP contribution in [-0.2, 0) is 19.6 Å². The van der Waals surface area contributed by atoms with Gasteiger partial charge in [-0.25, -0.2) is 13.1 Å². The van der Waals surface area contributed by atoms with E-state index in [1.807, 2.05) is 0 Å². The van der Waals surface area contributed by atoms with Crippen molar-refractivity contribution in [2.24, 2.45) is 0 Å². The van der Waals surface area contributed by atoms with Crippen LogP contribution in [0, 0.1) is 0 Å². The third-order valence-corrected chi connectivity index (χ3v) is 5.36. The number of carbonyl (C=O) groups excluding carboxylic acids is 1. The fraction of sp³-hybridized carbons (Fsp3) is 0.917. The molecule has 2 saturated heterocycles. The minimum Gasteiger partial charge on any atom is -0.469 e. The zero-order valence-electron chi connectivity index (χ0n) is 11.2. The predicted molar refractivity (Wildman–Crippen MR) is 71.1 cm³/mol. The first-order chi connectivity index (χ1) is 8.98. The van der Waals surface area contributed by atoms with Gasteiger partial charge in [-0.05, 0) is 32.1 Å². The van der Waals surface area contributed by atoms with Crippen molar-refractivity contribution in [3.8, 4) is 0 Å². The van der Waals surface area contributed by atoms with Crippen LogP contribution in [0.4, 0.5) is 0 Å². The average Bonchev–Trinajstić information content (AvgIpc) is 2.67. The van der Waals surface area contributed by atoms with E-state index in [-0.39, 0.29) is 24.2 Å². The Balaban J connectivity index is 1.76. The number of nitrogens with one attached hydrogen (secondary N) is 2. The Morgan fingerprint density at radius 2 is 1.95 bits per heavy atom. The molecule has 2 rings (SSSR count). The lowest BCUT2D eigenvalue weighted by Gasteiger charge is -2.29. The van der Waals surface area contributed by atoms with Crippen LogP contribution in [0.5, 0.6) is 0 Å². The lowest BCUT2D eigenvalue weighted by molar-refractivity contribution is -0.140. The summed E-state index contributed by atoms with van der Waals surface area (Å²) in [5.41, 5.74) is 0. The molecule has 19 heavy (non-hydrogen) atoms. The van der Waals surface area contributed by atoms with Gasteiger partial charge < -0.3 is 10.1 Å². The van der Waals surface area contributed by atoms with Crippen LogP contribution in [0.2, 0.25) is 0 Å². The van der Waals surface area contributed by atoms with Gasteiger partial charge in [0, 0.05) is 24.5 Å². The van der Waals surface area contributed by atoms with E-state index in [0.717, 1.165) is 25.7 Å². The molecule has 0 saturated carbocycles. The molecule has 2 heterocycles. The van der Waals surface area contributed by atoms with Crippen LogP contribution in [-0.4, -0.2) is 45.4 Å². The maximum absolute atomic E-state index is 11.9. The Labute approximate surface area is 114 Å². The molecule has 7 heteroatoms. The minimum absolute atomic E-state index is 0.0125. The van der Waals surface area contributed by atoms with Gasteiger partial charge in [-0.15, -0.1) is 0 Å². The minimum atomic E-state index is -3.29. The molecule has 0 spiro atoms. The molecule has 2 bridgehead atoms. The molecule has 0 aliphatic carbocycles. The Morgan fingerprint density at radius 1 is 1.32 bits per heavy atom. The summed E-state index contributed by atoms with van der Waals surface area (Å²) < 4.78 is 31.1. The van der Waals surface area contributed by atoms with Crippen LogP contribution in [0.25, 0.3) is 0 Å². The summed E-state index contributed by atoms with van der Waals surface area (Å²) in [6.07, 6.45) is 4.48. The summed E-state index contributed by atoms with van der Waals surface area (Å²) in [5.74, 6) is -0.378. The molecule has 110 valence electrons. The summed E-state index contributed by atoms with van der Waals surface area (Å²) in [7, 11) is -1.98. The Kier molecular flexibility index (Phi) is 4.81. The molecule has 2 atom stereocenters. The van der Waals surface area contributed by atoms with Gasteiger partial charge in [0.15, 0.2) is 0 Å². The molecular weight excluding hydrogens is 268 g/mol.